The third kappa shape index (κ3) is 3.80. The summed E-state index contributed by atoms with van der Waals surface area (Å²) in [5.74, 6) is 1.38. The Hall–Kier alpha value is -3.93. The Morgan fingerprint density at radius 1 is 0.967 bits per heavy atom. The fourth-order valence-corrected chi connectivity index (χ4v) is 3.64. The molecule has 0 spiro atoms. The fraction of sp³-hybridized carbons (Fsp3) is 0.125. The van der Waals surface area contributed by atoms with Crippen LogP contribution in [0.1, 0.15) is 18.5 Å². The van der Waals surface area contributed by atoms with Crippen LogP contribution in [0, 0.1) is 6.92 Å². The normalized spacial score (nSPS) is 13.3. The van der Waals surface area contributed by atoms with Gasteiger partial charge in [0, 0.05) is 52.8 Å². The molecule has 3 heterocycles. The van der Waals surface area contributed by atoms with E-state index in [0.29, 0.717) is 5.95 Å². The molecule has 0 saturated carbocycles. The summed E-state index contributed by atoms with van der Waals surface area (Å²) >= 11 is 0. The van der Waals surface area contributed by atoms with Crippen LogP contribution < -0.4 is 10.6 Å². The number of hydrogen-bond acceptors (Lipinski definition) is 5. The number of nitrogens with zero attached hydrogens (tertiary/aromatic N) is 4. The summed E-state index contributed by atoms with van der Waals surface area (Å²) in [7, 11) is 0. The van der Waals surface area contributed by atoms with E-state index in [9.17, 15) is 0 Å². The summed E-state index contributed by atoms with van der Waals surface area (Å²) in [6.45, 7) is 1.98. The van der Waals surface area contributed by atoms with E-state index in [1.165, 1.54) is 0 Å². The van der Waals surface area contributed by atoms with Crippen LogP contribution in [0.3, 0.4) is 0 Å². The highest BCUT2D eigenvalue weighted by molar-refractivity contribution is 5.86. The van der Waals surface area contributed by atoms with Gasteiger partial charge in [-0.25, -0.2) is 4.98 Å². The summed E-state index contributed by atoms with van der Waals surface area (Å²) < 4.78 is 2.16. The predicted octanol–water partition coefficient (Wildman–Crippen LogP) is 5.51. The first-order chi connectivity index (χ1) is 14.7. The summed E-state index contributed by atoms with van der Waals surface area (Å²) in [5.41, 5.74) is 5.26. The van der Waals surface area contributed by atoms with E-state index >= 15 is 0 Å². The summed E-state index contributed by atoms with van der Waals surface area (Å²) in [5, 5.41) is 7.91. The van der Waals surface area contributed by atoms with Crippen molar-refractivity contribution >= 4 is 28.4 Å². The highest BCUT2D eigenvalue weighted by Gasteiger charge is 2.08. The number of benzene rings is 1. The maximum atomic E-state index is 4.65. The molecule has 0 aliphatic heterocycles. The highest BCUT2D eigenvalue weighted by Crippen LogP contribution is 2.26. The second-order valence-electron chi connectivity index (χ2n) is 7.29. The minimum Gasteiger partial charge on any atom is -0.340 e. The molecule has 0 fully saturated rings. The average Bonchev–Trinajstić information content (AvgIpc) is 3.18. The third-order valence-corrected chi connectivity index (χ3v) is 5.04. The van der Waals surface area contributed by atoms with E-state index in [1.807, 2.05) is 25.1 Å². The Labute approximate surface area is 175 Å². The molecule has 2 N–H and O–H groups in total. The van der Waals surface area contributed by atoms with Gasteiger partial charge in [-0.15, -0.1) is 0 Å². The molecule has 1 aromatic carbocycles. The molecule has 6 heteroatoms. The Bertz CT molecular complexity index is 1250. The first-order valence-electron chi connectivity index (χ1n) is 10.0. The zero-order valence-corrected chi connectivity index (χ0v) is 16.7. The number of anilines is 3. The van der Waals surface area contributed by atoms with Gasteiger partial charge in [0.25, 0.3) is 0 Å². The largest absolute Gasteiger partial charge is 0.340 e. The summed E-state index contributed by atoms with van der Waals surface area (Å²) in [4.78, 5) is 13.3. The quantitative estimate of drug-likeness (QED) is 0.467. The van der Waals surface area contributed by atoms with Crippen molar-refractivity contribution in [1.29, 1.82) is 0 Å². The maximum Gasteiger partial charge on any atom is 0.229 e. The molecule has 0 atom stereocenters. The van der Waals surface area contributed by atoms with Gasteiger partial charge in [0.2, 0.25) is 5.95 Å². The van der Waals surface area contributed by atoms with E-state index in [0.717, 1.165) is 52.3 Å². The van der Waals surface area contributed by atoms with Gasteiger partial charge < -0.3 is 15.2 Å². The summed E-state index contributed by atoms with van der Waals surface area (Å²) in [6.07, 6.45) is 14.0. The molecule has 3 aromatic heterocycles. The number of fused-ring (bicyclic) bond motifs is 1. The SMILES string of the molecule is Cc1cc(Nc2ccc3c(ccn3-c3ccncc3)c2)nc(NC2=CC=CCC2)n1. The van der Waals surface area contributed by atoms with Gasteiger partial charge >= 0.3 is 0 Å². The van der Waals surface area contributed by atoms with Crippen molar-refractivity contribution in [3.63, 3.8) is 0 Å². The number of hydrogen-bond donors (Lipinski definition) is 2. The number of allylic oxidation sites excluding steroid dienone is 4. The lowest BCUT2D eigenvalue weighted by atomic mass is 10.1. The van der Waals surface area contributed by atoms with Crippen molar-refractivity contribution in [2.24, 2.45) is 0 Å². The van der Waals surface area contributed by atoms with Crippen LogP contribution in [-0.4, -0.2) is 19.5 Å². The molecule has 0 unspecified atom stereocenters. The standard InChI is InChI=1S/C24H22N6/c1-17-15-23(29-24(26-17)28-19-5-3-2-4-6-19)27-20-7-8-22-18(16-20)11-14-30(22)21-9-12-25-13-10-21/h2-3,5,7-16H,4,6H2,1H3,(H2,26,27,28,29). The highest BCUT2D eigenvalue weighted by atomic mass is 15.1. The van der Waals surface area contributed by atoms with Gasteiger partial charge in [0.05, 0.1) is 5.52 Å². The first kappa shape index (κ1) is 18.1. The predicted molar refractivity (Wildman–Crippen MR) is 121 cm³/mol. The molecule has 0 amide bonds. The van der Waals surface area contributed by atoms with Crippen LogP contribution in [0.5, 0.6) is 0 Å². The van der Waals surface area contributed by atoms with Gasteiger partial charge in [-0.2, -0.15) is 4.98 Å². The van der Waals surface area contributed by atoms with Crippen LogP contribution >= 0.6 is 0 Å². The van der Waals surface area contributed by atoms with Crippen LogP contribution in [0.2, 0.25) is 0 Å². The molecule has 4 aromatic rings. The number of aryl methyl sites for hydroxylation is 1. The zero-order valence-electron chi connectivity index (χ0n) is 16.7. The molecular formula is C24H22N6. The Kier molecular flexibility index (Phi) is 4.73. The van der Waals surface area contributed by atoms with Crippen molar-refractivity contribution in [3.8, 4) is 5.69 Å². The van der Waals surface area contributed by atoms with Crippen molar-refractivity contribution in [1.82, 2.24) is 19.5 Å². The average molecular weight is 394 g/mol. The molecule has 1 aliphatic rings. The number of pyridine rings is 1. The topological polar surface area (TPSA) is 67.7 Å². The number of nitrogens with one attached hydrogen (secondary N) is 2. The second kappa shape index (κ2) is 7.83. The van der Waals surface area contributed by atoms with E-state index < -0.39 is 0 Å². The second-order valence-corrected chi connectivity index (χ2v) is 7.29. The van der Waals surface area contributed by atoms with Gasteiger partial charge in [0.15, 0.2) is 0 Å². The van der Waals surface area contributed by atoms with Crippen molar-refractivity contribution in [2.75, 3.05) is 10.6 Å². The maximum absolute atomic E-state index is 4.65. The Morgan fingerprint density at radius 2 is 1.87 bits per heavy atom. The fourth-order valence-electron chi connectivity index (χ4n) is 3.64. The molecule has 6 nitrogen and oxygen atoms in total. The molecule has 5 rings (SSSR count). The monoisotopic (exact) mass is 394 g/mol. The molecule has 30 heavy (non-hydrogen) atoms. The molecule has 0 saturated heterocycles. The van der Waals surface area contributed by atoms with Gasteiger partial charge in [-0.05, 0) is 62.2 Å². The summed E-state index contributed by atoms with van der Waals surface area (Å²) in [6, 6.07) is 14.4. The third-order valence-electron chi connectivity index (χ3n) is 5.04. The lowest BCUT2D eigenvalue weighted by Gasteiger charge is -2.13. The zero-order chi connectivity index (χ0) is 20.3. The molecular weight excluding hydrogens is 372 g/mol. The van der Waals surface area contributed by atoms with Crippen LogP contribution in [0.25, 0.3) is 16.6 Å². The smallest absolute Gasteiger partial charge is 0.229 e. The Morgan fingerprint density at radius 3 is 2.70 bits per heavy atom. The minimum absolute atomic E-state index is 0.615. The van der Waals surface area contributed by atoms with Gasteiger partial charge in [-0.3, -0.25) is 4.98 Å². The van der Waals surface area contributed by atoms with Gasteiger partial charge in [0.1, 0.15) is 5.82 Å². The van der Waals surface area contributed by atoms with E-state index in [1.54, 1.807) is 12.4 Å². The van der Waals surface area contributed by atoms with Crippen LogP contribution in [0.15, 0.2) is 85.0 Å². The first-order valence-corrected chi connectivity index (χ1v) is 10.0. The van der Waals surface area contributed by atoms with E-state index in [2.05, 4.69) is 78.8 Å². The van der Waals surface area contributed by atoms with E-state index in [-0.39, 0.29) is 0 Å². The lowest BCUT2D eigenvalue weighted by Crippen LogP contribution is -2.07. The molecule has 148 valence electrons. The minimum atomic E-state index is 0.615. The molecule has 0 bridgehead atoms. The van der Waals surface area contributed by atoms with Crippen LogP contribution in [-0.2, 0) is 0 Å². The van der Waals surface area contributed by atoms with Crippen LogP contribution in [0.4, 0.5) is 17.5 Å². The van der Waals surface area contributed by atoms with E-state index in [4.69, 9.17) is 0 Å². The van der Waals surface area contributed by atoms with Crippen molar-refractivity contribution in [3.05, 3.63) is 90.7 Å². The lowest BCUT2D eigenvalue weighted by molar-refractivity contribution is 0.951. The number of aromatic nitrogens is 4. The molecule has 1 aliphatic carbocycles. The van der Waals surface area contributed by atoms with Crippen molar-refractivity contribution < 1.29 is 0 Å². The van der Waals surface area contributed by atoms with Gasteiger partial charge in [-0.1, -0.05) is 12.2 Å². The number of rotatable bonds is 5. The molecule has 0 radical (unpaired) electrons. The Balaban J connectivity index is 1.40. The van der Waals surface area contributed by atoms with Crippen molar-refractivity contribution in [2.45, 2.75) is 19.8 Å².